The highest BCUT2D eigenvalue weighted by Gasteiger charge is 2.15. The van der Waals surface area contributed by atoms with Crippen LogP contribution >= 0.6 is 0 Å². The van der Waals surface area contributed by atoms with Crippen molar-refractivity contribution in [2.24, 2.45) is 0 Å². The molecule has 0 aliphatic carbocycles. The fourth-order valence-corrected chi connectivity index (χ4v) is 1.67. The summed E-state index contributed by atoms with van der Waals surface area (Å²) in [5, 5.41) is 12.1. The SMILES string of the molecule is N#Cc1ccncc1OC1CCCNC1. The van der Waals surface area contributed by atoms with Crippen LogP contribution < -0.4 is 10.1 Å². The lowest BCUT2D eigenvalue weighted by Gasteiger charge is -2.24. The molecule has 1 aliphatic heterocycles. The van der Waals surface area contributed by atoms with Gasteiger partial charge in [0.1, 0.15) is 12.2 Å². The number of rotatable bonds is 2. The smallest absolute Gasteiger partial charge is 0.155 e. The van der Waals surface area contributed by atoms with Gasteiger partial charge in [0.25, 0.3) is 0 Å². The second kappa shape index (κ2) is 4.76. The monoisotopic (exact) mass is 203 g/mol. The average Bonchev–Trinajstić information content (AvgIpc) is 2.31. The third-order valence-electron chi connectivity index (χ3n) is 2.45. The number of nitrogens with one attached hydrogen (secondary N) is 1. The molecular weight excluding hydrogens is 190 g/mol. The lowest BCUT2D eigenvalue weighted by molar-refractivity contribution is 0.166. The van der Waals surface area contributed by atoms with Gasteiger partial charge in [-0.15, -0.1) is 0 Å². The quantitative estimate of drug-likeness (QED) is 0.781. The zero-order valence-corrected chi connectivity index (χ0v) is 8.44. The van der Waals surface area contributed by atoms with Crippen LogP contribution in [0.3, 0.4) is 0 Å². The predicted octanol–water partition coefficient (Wildman–Crippen LogP) is 1.08. The maximum absolute atomic E-state index is 8.87. The molecular formula is C11H13N3O. The van der Waals surface area contributed by atoms with Crippen LogP contribution in [0.4, 0.5) is 0 Å². The average molecular weight is 203 g/mol. The molecule has 1 N–H and O–H groups in total. The molecule has 0 saturated carbocycles. The normalized spacial score (nSPS) is 20.6. The molecule has 4 nitrogen and oxygen atoms in total. The van der Waals surface area contributed by atoms with Gasteiger partial charge < -0.3 is 10.1 Å². The van der Waals surface area contributed by atoms with Gasteiger partial charge in [0.05, 0.1) is 11.8 Å². The van der Waals surface area contributed by atoms with Crippen LogP contribution in [-0.4, -0.2) is 24.2 Å². The lowest BCUT2D eigenvalue weighted by atomic mass is 10.1. The molecule has 1 saturated heterocycles. The summed E-state index contributed by atoms with van der Waals surface area (Å²) < 4.78 is 5.73. The molecule has 1 aliphatic rings. The Morgan fingerprint density at radius 1 is 1.60 bits per heavy atom. The van der Waals surface area contributed by atoms with Gasteiger partial charge in [0, 0.05) is 12.7 Å². The Balaban J connectivity index is 2.06. The Kier molecular flexibility index (Phi) is 3.15. The van der Waals surface area contributed by atoms with E-state index in [1.165, 1.54) is 0 Å². The Morgan fingerprint density at radius 2 is 2.53 bits per heavy atom. The van der Waals surface area contributed by atoms with Crippen molar-refractivity contribution >= 4 is 0 Å². The third kappa shape index (κ3) is 2.45. The van der Waals surface area contributed by atoms with Crippen LogP contribution in [0, 0.1) is 11.3 Å². The highest BCUT2D eigenvalue weighted by Crippen LogP contribution is 2.18. The highest BCUT2D eigenvalue weighted by molar-refractivity contribution is 5.40. The predicted molar refractivity (Wildman–Crippen MR) is 55.5 cm³/mol. The molecule has 1 aromatic rings. The first kappa shape index (κ1) is 9.94. The first-order chi connectivity index (χ1) is 7.40. The minimum absolute atomic E-state index is 0.162. The molecule has 2 rings (SSSR count). The molecule has 1 aromatic heterocycles. The third-order valence-corrected chi connectivity index (χ3v) is 2.45. The standard InChI is InChI=1S/C11H13N3O/c12-6-9-3-5-14-8-11(9)15-10-2-1-4-13-7-10/h3,5,8,10,13H,1-2,4,7H2. The second-order valence-electron chi connectivity index (χ2n) is 3.57. The highest BCUT2D eigenvalue weighted by atomic mass is 16.5. The number of nitrogens with zero attached hydrogens (tertiary/aromatic N) is 2. The van der Waals surface area contributed by atoms with Gasteiger partial charge in [-0.2, -0.15) is 5.26 Å². The minimum Gasteiger partial charge on any atom is -0.486 e. The molecule has 2 heterocycles. The molecule has 78 valence electrons. The van der Waals surface area contributed by atoms with E-state index in [2.05, 4.69) is 16.4 Å². The molecule has 4 heteroatoms. The molecule has 15 heavy (non-hydrogen) atoms. The fraction of sp³-hybridized carbons (Fsp3) is 0.455. The summed E-state index contributed by atoms with van der Waals surface area (Å²) in [6.45, 7) is 1.90. The van der Waals surface area contributed by atoms with Gasteiger partial charge in [0.2, 0.25) is 0 Å². The Labute approximate surface area is 88.9 Å². The number of piperidine rings is 1. The van der Waals surface area contributed by atoms with Crippen molar-refractivity contribution in [1.82, 2.24) is 10.3 Å². The van der Waals surface area contributed by atoms with Crippen LogP contribution in [0.15, 0.2) is 18.5 Å². The van der Waals surface area contributed by atoms with Crippen molar-refractivity contribution < 1.29 is 4.74 Å². The van der Waals surface area contributed by atoms with Gasteiger partial charge >= 0.3 is 0 Å². The van der Waals surface area contributed by atoms with Crippen molar-refractivity contribution in [2.75, 3.05) is 13.1 Å². The van der Waals surface area contributed by atoms with Crippen molar-refractivity contribution in [3.63, 3.8) is 0 Å². The van der Waals surface area contributed by atoms with E-state index in [-0.39, 0.29) is 6.10 Å². The van der Waals surface area contributed by atoms with Gasteiger partial charge in [-0.1, -0.05) is 0 Å². The van der Waals surface area contributed by atoms with E-state index < -0.39 is 0 Å². The topological polar surface area (TPSA) is 57.9 Å². The summed E-state index contributed by atoms with van der Waals surface area (Å²) in [5.41, 5.74) is 0.551. The summed E-state index contributed by atoms with van der Waals surface area (Å²) in [7, 11) is 0. The summed E-state index contributed by atoms with van der Waals surface area (Å²) >= 11 is 0. The van der Waals surface area contributed by atoms with Crippen molar-refractivity contribution in [3.05, 3.63) is 24.0 Å². The van der Waals surface area contributed by atoms with Crippen molar-refractivity contribution in [1.29, 1.82) is 5.26 Å². The molecule has 0 bridgehead atoms. The second-order valence-corrected chi connectivity index (χ2v) is 3.57. The zero-order valence-electron chi connectivity index (χ0n) is 8.44. The molecule has 0 amide bonds. The molecule has 0 spiro atoms. The van der Waals surface area contributed by atoms with Gasteiger partial charge in [-0.25, -0.2) is 0 Å². The number of hydrogen-bond acceptors (Lipinski definition) is 4. The van der Waals surface area contributed by atoms with Crippen LogP contribution in [0.1, 0.15) is 18.4 Å². The van der Waals surface area contributed by atoms with E-state index in [1.807, 2.05) is 0 Å². The van der Waals surface area contributed by atoms with Gasteiger partial charge in [-0.3, -0.25) is 4.98 Å². The van der Waals surface area contributed by atoms with Crippen LogP contribution in [0.2, 0.25) is 0 Å². The summed E-state index contributed by atoms with van der Waals surface area (Å²) in [6, 6.07) is 3.77. The Bertz CT molecular complexity index is 366. The van der Waals surface area contributed by atoms with Gasteiger partial charge in [0.15, 0.2) is 5.75 Å². The number of ether oxygens (including phenoxy) is 1. The van der Waals surface area contributed by atoms with E-state index in [0.717, 1.165) is 25.9 Å². The lowest BCUT2D eigenvalue weighted by Crippen LogP contribution is -2.37. The zero-order chi connectivity index (χ0) is 10.5. The number of nitriles is 1. The van der Waals surface area contributed by atoms with E-state index in [4.69, 9.17) is 10.00 Å². The largest absolute Gasteiger partial charge is 0.486 e. The van der Waals surface area contributed by atoms with Gasteiger partial charge in [-0.05, 0) is 25.5 Å². The van der Waals surface area contributed by atoms with Crippen LogP contribution in [-0.2, 0) is 0 Å². The van der Waals surface area contributed by atoms with E-state index in [1.54, 1.807) is 18.5 Å². The summed E-state index contributed by atoms with van der Waals surface area (Å²) in [6.07, 6.45) is 5.52. The number of pyridine rings is 1. The molecule has 1 atom stereocenters. The number of hydrogen-bond donors (Lipinski definition) is 1. The summed E-state index contributed by atoms with van der Waals surface area (Å²) in [4.78, 5) is 3.96. The molecule has 1 fully saturated rings. The fourth-order valence-electron chi connectivity index (χ4n) is 1.67. The minimum atomic E-state index is 0.162. The first-order valence-corrected chi connectivity index (χ1v) is 5.11. The van der Waals surface area contributed by atoms with E-state index in [0.29, 0.717) is 11.3 Å². The maximum atomic E-state index is 8.87. The Hall–Kier alpha value is -1.60. The van der Waals surface area contributed by atoms with Crippen molar-refractivity contribution in [2.45, 2.75) is 18.9 Å². The van der Waals surface area contributed by atoms with E-state index >= 15 is 0 Å². The maximum Gasteiger partial charge on any atom is 0.155 e. The van der Waals surface area contributed by atoms with Crippen molar-refractivity contribution in [3.8, 4) is 11.8 Å². The van der Waals surface area contributed by atoms with E-state index in [9.17, 15) is 0 Å². The number of aromatic nitrogens is 1. The molecule has 1 unspecified atom stereocenters. The summed E-state index contributed by atoms with van der Waals surface area (Å²) in [5.74, 6) is 0.591. The molecule has 0 aromatic carbocycles. The van der Waals surface area contributed by atoms with Crippen LogP contribution in [0.5, 0.6) is 5.75 Å². The first-order valence-electron chi connectivity index (χ1n) is 5.11. The molecule has 0 radical (unpaired) electrons. The van der Waals surface area contributed by atoms with Crippen LogP contribution in [0.25, 0.3) is 0 Å². The Morgan fingerprint density at radius 3 is 3.27 bits per heavy atom.